The molecule has 0 aromatic heterocycles. The molecule has 3 fully saturated rings. The monoisotopic (exact) mass is 326 g/mol. The summed E-state index contributed by atoms with van der Waals surface area (Å²) in [5, 5.41) is 6.02. The zero-order chi connectivity index (χ0) is 16.3. The maximum absolute atomic E-state index is 12.1. The van der Waals surface area contributed by atoms with Crippen molar-refractivity contribution in [3.63, 3.8) is 0 Å². The third-order valence-corrected chi connectivity index (χ3v) is 5.98. The molecule has 0 saturated carbocycles. The van der Waals surface area contributed by atoms with E-state index >= 15 is 0 Å². The lowest BCUT2D eigenvalue weighted by Gasteiger charge is -2.30. The van der Waals surface area contributed by atoms with Crippen molar-refractivity contribution in [2.45, 2.75) is 50.5 Å². The molecular weight excluding hydrogens is 304 g/mol. The van der Waals surface area contributed by atoms with Crippen LogP contribution in [-0.2, 0) is 22.7 Å². The normalized spacial score (nSPS) is 32.3. The number of piperidine rings is 1. The van der Waals surface area contributed by atoms with Gasteiger partial charge in [-0.15, -0.1) is 0 Å². The Morgan fingerprint density at radius 2 is 2.00 bits per heavy atom. The summed E-state index contributed by atoms with van der Waals surface area (Å²) in [5.74, 6) is -0.282. The van der Waals surface area contributed by atoms with Crippen LogP contribution in [0.2, 0.25) is 0 Å². The number of nitrogens with one attached hydrogen (secondary N) is 2. The number of nitrogens with zero attached hydrogens (tertiary/aromatic N) is 2. The second-order valence-corrected chi connectivity index (χ2v) is 7.47. The Balaban J connectivity index is 1.34. The van der Waals surface area contributed by atoms with Gasteiger partial charge in [-0.3, -0.25) is 19.8 Å². The van der Waals surface area contributed by atoms with Crippen molar-refractivity contribution in [1.29, 1.82) is 0 Å². The van der Waals surface area contributed by atoms with Crippen LogP contribution >= 0.6 is 0 Å². The zero-order valence-corrected chi connectivity index (χ0v) is 13.6. The third kappa shape index (κ3) is 2.24. The number of hydrogen-bond acceptors (Lipinski definition) is 5. The largest absolute Gasteiger partial charge is 0.366 e. The van der Waals surface area contributed by atoms with Crippen LogP contribution in [0.1, 0.15) is 30.4 Å². The predicted octanol–water partition coefficient (Wildman–Crippen LogP) is 0.358. The Morgan fingerprint density at radius 1 is 1.12 bits per heavy atom. The van der Waals surface area contributed by atoms with Gasteiger partial charge in [0, 0.05) is 50.4 Å². The van der Waals surface area contributed by atoms with Crippen LogP contribution in [0.5, 0.6) is 0 Å². The van der Waals surface area contributed by atoms with Gasteiger partial charge in [0.15, 0.2) is 0 Å². The third-order valence-electron chi connectivity index (χ3n) is 5.98. The van der Waals surface area contributed by atoms with Crippen molar-refractivity contribution in [3.8, 4) is 0 Å². The van der Waals surface area contributed by atoms with Gasteiger partial charge >= 0.3 is 0 Å². The lowest BCUT2D eigenvalue weighted by atomic mass is 10.0. The molecule has 24 heavy (non-hydrogen) atoms. The van der Waals surface area contributed by atoms with Crippen LogP contribution in [0.3, 0.4) is 0 Å². The van der Waals surface area contributed by atoms with E-state index in [4.69, 9.17) is 0 Å². The highest BCUT2D eigenvalue weighted by Crippen LogP contribution is 2.34. The van der Waals surface area contributed by atoms with Crippen LogP contribution in [0.15, 0.2) is 18.2 Å². The summed E-state index contributed by atoms with van der Waals surface area (Å²) in [6.07, 6.45) is 2.32. The molecule has 6 nitrogen and oxygen atoms in total. The quantitative estimate of drug-likeness (QED) is 0.768. The minimum atomic E-state index is -0.175. The summed E-state index contributed by atoms with van der Waals surface area (Å²) < 4.78 is 0. The fraction of sp³-hybridized carbons (Fsp3) is 0.556. The van der Waals surface area contributed by atoms with Crippen LogP contribution in [0.4, 0.5) is 5.69 Å². The van der Waals surface area contributed by atoms with Crippen molar-refractivity contribution >= 4 is 17.5 Å². The molecule has 126 valence electrons. The number of piperazine rings is 1. The van der Waals surface area contributed by atoms with Crippen molar-refractivity contribution in [1.82, 2.24) is 15.5 Å². The number of carbonyl (C=O) groups excluding carboxylic acids is 2. The van der Waals surface area contributed by atoms with E-state index in [-0.39, 0.29) is 17.9 Å². The van der Waals surface area contributed by atoms with Crippen LogP contribution in [0, 0.1) is 0 Å². The summed E-state index contributed by atoms with van der Waals surface area (Å²) in [4.78, 5) is 28.2. The number of rotatable bonds is 2. The first kappa shape index (κ1) is 14.4. The first-order valence-electron chi connectivity index (χ1n) is 8.87. The number of fused-ring (bicyclic) bond motifs is 3. The highest BCUT2D eigenvalue weighted by Gasteiger charge is 2.38. The van der Waals surface area contributed by atoms with Crippen molar-refractivity contribution < 1.29 is 9.59 Å². The molecule has 2 bridgehead atoms. The van der Waals surface area contributed by atoms with Crippen molar-refractivity contribution in [2.75, 3.05) is 18.0 Å². The van der Waals surface area contributed by atoms with Crippen LogP contribution in [-0.4, -0.2) is 47.9 Å². The summed E-state index contributed by atoms with van der Waals surface area (Å²) in [6.45, 7) is 3.79. The van der Waals surface area contributed by atoms with Gasteiger partial charge in [-0.1, -0.05) is 6.07 Å². The van der Waals surface area contributed by atoms with Crippen LogP contribution in [0.25, 0.3) is 0 Å². The molecule has 5 rings (SSSR count). The van der Waals surface area contributed by atoms with E-state index in [1.165, 1.54) is 23.2 Å². The molecule has 1 aromatic carbocycles. The molecule has 4 aliphatic rings. The Hall–Kier alpha value is -1.92. The molecule has 0 spiro atoms. The minimum absolute atomic E-state index is 0.137. The summed E-state index contributed by atoms with van der Waals surface area (Å²) in [6, 6.07) is 7.85. The van der Waals surface area contributed by atoms with E-state index in [2.05, 4.69) is 38.6 Å². The maximum Gasteiger partial charge on any atom is 0.243 e. The number of benzene rings is 1. The summed E-state index contributed by atoms with van der Waals surface area (Å²) in [5.41, 5.74) is 3.95. The standard InChI is InChI=1S/C18H22N4O2/c23-17-4-3-16(18(24)20-17)21-8-11-1-2-14(5-12(11)9-21)22-10-13-6-15(22)7-19-13/h1-2,5,13,15-16,19H,3-4,6-10H2,(H,20,23,24). The van der Waals surface area contributed by atoms with Crippen molar-refractivity contribution in [2.24, 2.45) is 0 Å². The van der Waals surface area contributed by atoms with Crippen molar-refractivity contribution in [3.05, 3.63) is 29.3 Å². The van der Waals surface area contributed by atoms with Gasteiger partial charge in [-0.2, -0.15) is 0 Å². The fourth-order valence-corrected chi connectivity index (χ4v) is 4.71. The molecule has 6 heteroatoms. The van der Waals surface area contributed by atoms with Gasteiger partial charge in [-0.25, -0.2) is 0 Å². The predicted molar refractivity (Wildman–Crippen MR) is 89.4 cm³/mol. The second-order valence-electron chi connectivity index (χ2n) is 7.47. The molecule has 4 heterocycles. The van der Waals surface area contributed by atoms with Gasteiger partial charge in [0.1, 0.15) is 0 Å². The number of carbonyl (C=O) groups is 2. The molecule has 0 radical (unpaired) electrons. The van der Waals surface area contributed by atoms with E-state index in [1.54, 1.807) is 0 Å². The minimum Gasteiger partial charge on any atom is -0.366 e. The number of hydrogen-bond donors (Lipinski definition) is 2. The maximum atomic E-state index is 12.1. The molecular formula is C18H22N4O2. The van der Waals surface area contributed by atoms with Gasteiger partial charge in [-0.05, 0) is 36.1 Å². The molecule has 3 atom stereocenters. The Labute approximate surface area is 141 Å². The van der Waals surface area contributed by atoms with E-state index in [0.29, 0.717) is 24.9 Å². The Bertz CT molecular complexity index is 719. The topological polar surface area (TPSA) is 64.7 Å². The van der Waals surface area contributed by atoms with E-state index in [0.717, 1.165) is 26.2 Å². The van der Waals surface area contributed by atoms with E-state index in [9.17, 15) is 9.59 Å². The molecule has 4 aliphatic heterocycles. The molecule has 1 aromatic rings. The molecule has 2 amide bonds. The Morgan fingerprint density at radius 3 is 2.75 bits per heavy atom. The Kier molecular flexibility index (Phi) is 3.18. The average Bonchev–Trinajstić information content (AvgIpc) is 3.28. The zero-order valence-electron chi connectivity index (χ0n) is 13.6. The molecule has 0 aliphatic carbocycles. The lowest BCUT2D eigenvalue weighted by molar-refractivity contribution is -0.137. The lowest BCUT2D eigenvalue weighted by Crippen LogP contribution is -2.50. The molecule has 2 N–H and O–H groups in total. The smallest absolute Gasteiger partial charge is 0.243 e. The first-order chi connectivity index (χ1) is 11.7. The van der Waals surface area contributed by atoms with Gasteiger partial charge < -0.3 is 10.2 Å². The molecule has 3 unspecified atom stereocenters. The number of amides is 2. The fourth-order valence-electron chi connectivity index (χ4n) is 4.71. The highest BCUT2D eigenvalue weighted by atomic mass is 16.2. The average molecular weight is 326 g/mol. The van der Waals surface area contributed by atoms with Crippen LogP contribution < -0.4 is 15.5 Å². The highest BCUT2D eigenvalue weighted by molar-refractivity contribution is 6.00. The summed E-state index contributed by atoms with van der Waals surface area (Å²) >= 11 is 0. The first-order valence-corrected chi connectivity index (χ1v) is 8.87. The van der Waals surface area contributed by atoms with Gasteiger partial charge in [0.2, 0.25) is 11.8 Å². The number of anilines is 1. The van der Waals surface area contributed by atoms with Gasteiger partial charge in [0.25, 0.3) is 0 Å². The second kappa shape index (κ2) is 5.29. The van der Waals surface area contributed by atoms with Gasteiger partial charge in [0.05, 0.1) is 6.04 Å². The van der Waals surface area contributed by atoms with E-state index in [1.807, 2.05) is 0 Å². The molecule has 3 saturated heterocycles. The SMILES string of the molecule is O=C1CCC(N2Cc3ccc(N4CC5CC4CN5)cc3C2)C(=O)N1. The summed E-state index contributed by atoms with van der Waals surface area (Å²) in [7, 11) is 0. The van der Waals surface area contributed by atoms with E-state index < -0.39 is 0 Å². The number of imide groups is 1.